The van der Waals surface area contributed by atoms with Crippen molar-refractivity contribution in [2.45, 2.75) is 54.4 Å². The number of hydrogen-bond donors (Lipinski definition) is 0. The fraction of sp³-hybridized carbons (Fsp3) is 0.0714. The number of hydrogen-bond acceptors (Lipinski definition) is 8. The summed E-state index contributed by atoms with van der Waals surface area (Å²) in [4.78, 5) is 10.2. The van der Waals surface area contributed by atoms with E-state index < -0.39 is 0 Å². The number of aryl methyl sites for hydroxylation is 6. The zero-order valence-electron chi connectivity index (χ0n) is 67.3. The fourth-order valence-corrected chi connectivity index (χ4v) is 24.7. The lowest BCUT2D eigenvalue weighted by molar-refractivity contribution is 1.15. The van der Waals surface area contributed by atoms with Gasteiger partial charge in [0.05, 0.1) is 75.7 Å². The van der Waals surface area contributed by atoms with Crippen LogP contribution in [0.25, 0.3) is 145 Å². The number of para-hydroxylation sites is 4. The van der Waals surface area contributed by atoms with E-state index in [0.29, 0.717) is 0 Å². The number of anilines is 12. The van der Waals surface area contributed by atoms with Crippen molar-refractivity contribution in [3.8, 4) is 0 Å². The van der Waals surface area contributed by atoms with E-state index in [-0.39, 0.29) is 0 Å². The number of benzene rings is 20. The maximum Gasteiger partial charge on any atom is 0.0640 e. The van der Waals surface area contributed by atoms with Crippen LogP contribution in [0.1, 0.15) is 47.2 Å². The topological polar surface area (TPSA) is 13.0 Å². The molecular weight excluding hydrogens is 1530 g/mol. The summed E-state index contributed by atoms with van der Waals surface area (Å²) in [5.74, 6) is 0. The molecule has 20 aromatic carbocycles. The van der Waals surface area contributed by atoms with Crippen molar-refractivity contribution in [3.63, 3.8) is 0 Å². The summed E-state index contributed by atoms with van der Waals surface area (Å²) in [6.45, 7) is 13.6. The third-order valence-corrected chi connectivity index (χ3v) is 30.1. The van der Waals surface area contributed by atoms with Crippen molar-refractivity contribution in [1.82, 2.24) is 0 Å². The first-order valence-corrected chi connectivity index (χ1v) is 44.9. The van der Waals surface area contributed by atoms with Gasteiger partial charge in [-0.25, -0.2) is 0 Å². The van der Waals surface area contributed by atoms with Crippen LogP contribution in [0.15, 0.2) is 352 Å². The summed E-state index contributed by atoms with van der Waals surface area (Å²) < 4.78 is 10.4. The lowest BCUT2D eigenvalue weighted by Gasteiger charge is -2.32. The second kappa shape index (κ2) is 28.7. The highest BCUT2D eigenvalue weighted by Gasteiger charge is 2.31. The van der Waals surface area contributed by atoms with Crippen molar-refractivity contribution in [1.29, 1.82) is 0 Å². The van der Waals surface area contributed by atoms with Gasteiger partial charge >= 0.3 is 0 Å². The van der Waals surface area contributed by atoms with Gasteiger partial charge in [0, 0.05) is 94.8 Å². The average Bonchev–Trinajstić information content (AvgIpc) is 0.817. The van der Waals surface area contributed by atoms with Gasteiger partial charge in [0.25, 0.3) is 0 Å². The zero-order valence-corrected chi connectivity index (χ0v) is 70.6. The Bertz CT molecular complexity index is 7710. The van der Waals surface area contributed by atoms with Crippen LogP contribution in [0.4, 0.5) is 68.2 Å². The van der Waals surface area contributed by atoms with Crippen LogP contribution in [0.3, 0.4) is 0 Å². The maximum absolute atomic E-state index is 2.56. The largest absolute Gasteiger partial charge is 0.308 e. The molecule has 0 unspecified atom stereocenters. The van der Waals surface area contributed by atoms with Crippen LogP contribution >= 0.6 is 45.3 Å². The van der Waals surface area contributed by atoms with Gasteiger partial charge in [0.1, 0.15) is 0 Å². The first-order chi connectivity index (χ1) is 59.1. The Morgan fingerprint density at radius 3 is 0.800 bits per heavy atom. The molecule has 0 bridgehead atoms. The molecule has 120 heavy (non-hydrogen) atoms. The minimum atomic E-state index is 0.925. The van der Waals surface area contributed by atoms with Crippen LogP contribution < -0.4 is 19.6 Å². The third-order valence-electron chi connectivity index (χ3n) is 25.2. The molecule has 0 amide bonds. The van der Waals surface area contributed by atoms with Gasteiger partial charge in [0.2, 0.25) is 0 Å². The van der Waals surface area contributed by atoms with Crippen molar-refractivity contribution in [3.05, 3.63) is 385 Å². The summed E-state index contributed by atoms with van der Waals surface area (Å²) in [6.07, 6.45) is 1.85. The van der Waals surface area contributed by atoms with E-state index in [2.05, 4.69) is 413 Å². The first-order valence-electron chi connectivity index (χ1n) is 41.7. The third kappa shape index (κ3) is 11.2. The highest BCUT2D eigenvalue weighted by atomic mass is 32.1. The monoisotopic (exact) mass is 1610 g/mol. The zero-order chi connectivity index (χ0) is 80.1. The summed E-state index contributed by atoms with van der Waals surface area (Å²) in [7, 11) is 0. The standard InChI is InChI=1S/2C56H40N2S2/c1-33-13-9-14-34(2)53(33)57(47-21-11-19-41-39-17-5-7-23-49(39)59-55(41)47)45-31-27-37-26-30-44-46(32-28-38-25-29-43(45)51(37)52(38)44)58(54-35(3)15-10-16-36(54)4)48-22-12-20-42-40-18-6-8-24-50(40)60-56(42)48;1-3-35-33-49(57(37-17-7-5-8-18-37)47-25-15-23-43-41-21-11-13-27-51(41)59-55(43)47)45-32-30-40-36(4-2)34-50(46-31-29-39(35)53(45)54(40)46)58(38-19-9-6-10-20-38)48-26-16-24-44-42-22-12-14-28-52(42)60-56(44)48/h5-32H,1-4H3;5-34H,3-4H2,1-2H3. The highest BCUT2D eigenvalue weighted by Crippen LogP contribution is 2.57. The average molecular weight is 1610 g/mol. The Balaban J connectivity index is 0.000000140. The van der Waals surface area contributed by atoms with Gasteiger partial charge in [-0.05, 0) is 214 Å². The quantitative estimate of drug-likeness (QED) is 0.101. The van der Waals surface area contributed by atoms with Gasteiger partial charge in [0.15, 0.2) is 0 Å². The Hall–Kier alpha value is -13.4. The van der Waals surface area contributed by atoms with Crippen LogP contribution in [-0.2, 0) is 12.8 Å². The molecule has 4 aromatic heterocycles. The van der Waals surface area contributed by atoms with Gasteiger partial charge in [-0.3, -0.25) is 0 Å². The molecule has 4 heterocycles. The molecule has 0 saturated carbocycles. The Kier molecular flexibility index (Phi) is 17.2. The van der Waals surface area contributed by atoms with Gasteiger partial charge in [-0.1, -0.05) is 269 Å². The Morgan fingerprint density at radius 1 is 0.200 bits per heavy atom. The first kappa shape index (κ1) is 71.8. The molecular formula is C112H80N4S4. The predicted octanol–water partition coefficient (Wildman–Crippen LogP) is 34.9. The van der Waals surface area contributed by atoms with Crippen LogP contribution in [0.5, 0.6) is 0 Å². The van der Waals surface area contributed by atoms with Crippen LogP contribution in [0, 0.1) is 27.7 Å². The number of fused-ring (bicyclic) bond motifs is 12. The van der Waals surface area contributed by atoms with Gasteiger partial charge in [-0.2, -0.15) is 0 Å². The molecule has 4 nitrogen and oxygen atoms in total. The lowest BCUT2D eigenvalue weighted by Crippen LogP contribution is -2.14. The van der Waals surface area contributed by atoms with Crippen molar-refractivity contribution < 1.29 is 0 Å². The minimum absolute atomic E-state index is 0.925. The van der Waals surface area contributed by atoms with Gasteiger partial charge < -0.3 is 19.6 Å². The molecule has 0 saturated heterocycles. The van der Waals surface area contributed by atoms with E-state index >= 15 is 0 Å². The SMILES string of the molecule is CCc1cc(N(c2ccccc2)c2cccc3c2sc2ccccc23)c2ccc3c(CC)cc(N(c4ccccc4)c4cccc5c4sc4ccccc45)c4ccc1c2c34.Cc1cccc(C)c1N(c1ccc2ccc3c(N(c4c(C)cccc4C)c4cccc5c4sc4ccccc45)ccc4ccc1c2c43)c1cccc2c1sc1ccccc12. The molecule has 24 rings (SSSR count). The molecule has 24 aromatic rings. The van der Waals surface area contributed by atoms with Gasteiger partial charge in [-0.15, -0.1) is 45.3 Å². The smallest absolute Gasteiger partial charge is 0.0640 e. The number of thiophene rings is 4. The number of nitrogens with zero attached hydrogens (tertiary/aromatic N) is 4. The van der Waals surface area contributed by atoms with Crippen molar-refractivity contribution in [2.24, 2.45) is 0 Å². The summed E-state index contributed by atoms with van der Waals surface area (Å²) in [5, 5.41) is 25.9. The number of rotatable bonds is 14. The summed E-state index contributed by atoms with van der Waals surface area (Å²) >= 11 is 7.56. The maximum atomic E-state index is 2.56. The van der Waals surface area contributed by atoms with E-state index in [4.69, 9.17) is 0 Å². The molecule has 0 aliphatic rings. The highest BCUT2D eigenvalue weighted by molar-refractivity contribution is 7.27. The Labute approximate surface area is 712 Å². The minimum Gasteiger partial charge on any atom is -0.308 e. The molecule has 0 aliphatic heterocycles. The molecule has 0 N–H and O–H groups in total. The molecule has 572 valence electrons. The molecule has 0 fully saturated rings. The molecule has 0 aliphatic carbocycles. The second-order valence-electron chi connectivity index (χ2n) is 32.0. The fourth-order valence-electron chi connectivity index (χ4n) is 19.9. The van der Waals surface area contributed by atoms with Crippen molar-refractivity contribution in [2.75, 3.05) is 19.6 Å². The molecule has 8 heteroatoms. The summed E-state index contributed by atoms with van der Waals surface area (Å²) in [6, 6.07) is 131. The second-order valence-corrected chi connectivity index (χ2v) is 36.2. The molecule has 0 atom stereocenters. The summed E-state index contributed by atoms with van der Waals surface area (Å²) in [5.41, 5.74) is 22.1. The normalized spacial score (nSPS) is 12.0. The lowest BCUT2D eigenvalue weighted by atomic mass is 9.86. The van der Waals surface area contributed by atoms with E-state index in [9.17, 15) is 0 Å². The van der Waals surface area contributed by atoms with Crippen LogP contribution in [-0.4, -0.2) is 0 Å². The van der Waals surface area contributed by atoms with E-state index in [0.717, 1.165) is 24.2 Å². The van der Waals surface area contributed by atoms with E-state index in [1.807, 2.05) is 45.3 Å². The van der Waals surface area contributed by atoms with E-state index in [1.165, 1.54) is 236 Å². The molecule has 0 radical (unpaired) electrons. The van der Waals surface area contributed by atoms with E-state index in [1.54, 1.807) is 0 Å². The van der Waals surface area contributed by atoms with Crippen molar-refractivity contribution >= 4 is 259 Å². The van der Waals surface area contributed by atoms with Crippen LogP contribution in [0.2, 0.25) is 0 Å². The predicted molar refractivity (Wildman–Crippen MR) is 528 cm³/mol. The molecule has 0 spiro atoms. The Morgan fingerprint density at radius 2 is 0.467 bits per heavy atom.